The Balaban J connectivity index is 2.56. The minimum absolute atomic E-state index is 0.111. The van der Waals surface area contributed by atoms with Crippen molar-refractivity contribution in [1.82, 2.24) is 4.98 Å². The number of aromatic nitrogens is 1. The maximum absolute atomic E-state index is 11.5. The van der Waals surface area contributed by atoms with Gasteiger partial charge in [-0.05, 0) is 6.92 Å². The highest BCUT2D eigenvalue weighted by atomic mass is 32.1. The lowest BCUT2D eigenvalue weighted by Gasteiger charge is -2.10. The van der Waals surface area contributed by atoms with Crippen molar-refractivity contribution >= 4 is 17.1 Å². The Bertz CT molecular complexity index is 307. The predicted octanol–water partition coefficient (Wildman–Crippen LogP) is 1.18. The van der Waals surface area contributed by atoms with Crippen LogP contribution < -0.4 is 0 Å². The molecule has 4 nitrogen and oxygen atoms in total. The molecule has 0 radical (unpaired) electrons. The van der Waals surface area contributed by atoms with E-state index in [1.807, 2.05) is 12.3 Å². The molecule has 0 amide bonds. The summed E-state index contributed by atoms with van der Waals surface area (Å²) in [6.07, 6.45) is -0.520. The van der Waals surface area contributed by atoms with Crippen LogP contribution >= 0.6 is 11.3 Å². The monoisotopic (exact) mass is 215 g/mol. The molecule has 1 heterocycles. The van der Waals surface area contributed by atoms with Crippen LogP contribution in [0.5, 0.6) is 0 Å². The molecule has 0 atom stereocenters. The molecule has 0 aliphatic heterocycles. The number of hydrogen-bond donors (Lipinski definition) is 0. The molecule has 5 heteroatoms. The zero-order valence-electron chi connectivity index (χ0n) is 8.44. The van der Waals surface area contributed by atoms with Crippen molar-refractivity contribution in [3.63, 3.8) is 0 Å². The van der Waals surface area contributed by atoms with Gasteiger partial charge in [-0.1, -0.05) is 0 Å². The minimum Gasteiger partial charge on any atom is -0.349 e. The van der Waals surface area contributed by atoms with Gasteiger partial charge in [-0.25, -0.2) is 4.98 Å². The van der Waals surface area contributed by atoms with Crippen molar-refractivity contribution in [1.29, 1.82) is 0 Å². The second-order valence-electron chi connectivity index (χ2n) is 2.80. The highest BCUT2D eigenvalue weighted by Gasteiger charge is 2.17. The molecule has 78 valence electrons. The summed E-state index contributed by atoms with van der Waals surface area (Å²) in [5.41, 5.74) is 0.775. The molecule has 0 spiro atoms. The standard InChI is InChI=1S/C9H13NO3S/c1-6-10-7(5-14-6)4-8(11)9(12-2)13-3/h5,9H,4H2,1-3H3. The molecular weight excluding hydrogens is 202 g/mol. The van der Waals surface area contributed by atoms with Gasteiger partial charge in [-0.15, -0.1) is 11.3 Å². The molecule has 0 aliphatic rings. The van der Waals surface area contributed by atoms with Crippen LogP contribution in [0, 0.1) is 6.92 Å². The van der Waals surface area contributed by atoms with Crippen molar-refractivity contribution in [3.8, 4) is 0 Å². The van der Waals surface area contributed by atoms with Crippen LogP contribution in [-0.2, 0) is 20.7 Å². The third-order valence-corrected chi connectivity index (χ3v) is 2.54. The molecule has 0 saturated carbocycles. The Morgan fingerprint density at radius 1 is 1.57 bits per heavy atom. The number of rotatable bonds is 5. The van der Waals surface area contributed by atoms with Crippen molar-refractivity contribution in [2.45, 2.75) is 19.6 Å². The minimum atomic E-state index is -0.781. The molecule has 0 aliphatic carbocycles. The predicted molar refractivity (Wildman–Crippen MR) is 53.4 cm³/mol. The molecule has 0 fully saturated rings. The van der Waals surface area contributed by atoms with Crippen LogP contribution in [0.2, 0.25) is 0 Å². The first kappa shape index (κ1) is 11.3. The van der Waals surface area contributed by atoms with E-state index in [1.165, 1.54) is 25.6 Å². The highest BCUT2D eigenvalue weighted by Crippen LogP contribution is 2.10. The summed E-state index contributed by atoms with van der Waals surface area (Å²) in [6.45, 7) is 1.91. The van der Waals surface area contributed by atoms with E-state index in [1.54, 1.807) is 0 Å². The molecule has 0 N–H and O–H groups in total. The van der Waals surface area contributed by atoms with Crippen LogP contribution in [0.1, 0.15) is 10.7 Å². The van der Waals surface area contributed by atoms with Gasteiger partial charge >= 0.3 is 0 Å². The quantitative estimate of drug-likeness (QED) is 0.692. The first-order valence-electron chi connectivity index (χ1n) is 4.16. The lowest BCUT2D eigenvalue weighted by molar-refractivity contribution is -0.155. The molecule has 0 bridgehead atoms. The van der Waals surface area contributed by atoms with Crippen molar-refractivity contribution in [3.05, 3.63) is 16.1 Å². The van der Waals surface area contributed by atoms with E-state index in [-0.39, 0.29) is 12.2 Å². The smallest absolute Gasteiger partial charge is 0.217 e. The van der Waals surface area contributed by atoms with Crippen molar-refractivity contribution in [2.24, 2.45) is 0 Å². The summed E-state index contributed by atoms with van der Waals surface area (Å²) in [5.74, 6) is -0.111. The number of hydrogen-bond acceptors (Lipinski definition) is 5. The second-order valence-corrected chi connectivity index (χ2v) is 3.87. The van der Waals surface area contributed by atoms with Crippen LogP contribution in [0.25, 0.3) is 0 Å². The van der Waals surface area contributed by atoms with E-state index in [0.717, 1.165) is 10.7 Å². The molecule has 0 unspecified atom stereocenters. The molecule has 14 heavy (non-hydrogen) atoms. The molecular formula is C9H13NO3S. The zero-order chi connectivity index (χ0) is 10.6. The van der Waals surface area contributed by atoms with Crippen LogP contribution in [-0.4, -0.2) is 31.3 Å². The normalized spacial score (nSPS) is 10.9. The molecule has 1 rings (SSSR count). The molecule has 1 aromatic heterocycles. The van der Waals surface area contributed by atoms with Crippen LogP contribution in [0.3, 0.4) is 0 Å². The van der Waals surface area contributed by atoms with E-state index < -0.39 is 6.29 Å². The number of ketones is 1. The van der Waals surface area contributed by atoms with Gasteiger partial charge < -0.3 is 9.47 Å². The Kier molecular flexibility index (Phi) is 4.19. The topological polar surface area (TPSA) is 48.4 Å². The van der Waals surface area contributed by atoms with E-state index >= 15 is 0 Å². The average Bonchev–Trinajstić information content (AvgIpc) is 2.53. The summed E-state index contributed by atoms with van der Waals surface area (Å²) in [5, 5.41) is 2.83. The second kappa shape index (κ2) is 5.19. The third kappa shape index (κ3) is 2.87. The van der Waals surface area contributed by atoms with Gasteiger partial charge in [0.2, 0.25) is 6.29 Å². The van der Waals surface area contributed by atoms with E-state index in [0.29, 0.717) is 0 Å². The zero-order valence-corrected chi connectivity index (χ0v) is 9.26. The van der Waals surface area contributed by atoms with Gasteiger partial charge in [0.25, 0.3) is 0 Å². The summed E-state index contributed by atoms with van der Waals surface area (Å²) >= 11 is 1.53. The number of ether oxygens (including phenoxy) is 2. The number of carbonyl (C=O) groups is 1. The lowest BCUT2D eigenvalue weighted by Crippen LogP contribution is -2.26. The first-order valence-corrected chi connectivity index (χ1v) is 5.04. The fraction of sp³-hybridized carbons (Fsp3) is 0.556. The average molecular weight is 215 g/mol. The van der Waals surface area contributed by atoms with E-state index in [2.05, 4.69) is 4.98 Å². The molecule has 0 saturated heterocycles. The number of aryl methyl sites for hydroxylation is 1. The van der Waals surface area contributed by atoms with Gasteiger partial charge in [-0.2, -0.15) is 0 Å². The van der Waals surface area contributed by atoms with Gasteiger partial charge in [0.05, 0.1) is 17.1 Å². The fourth-order valence-corrected chi connectivity index (χ4v) is 1.72. The first-order chi connectivity index (χ1) is 6.67. The van der Waals surface area contributed by atoms with Gasteiger partial charge in [-0.3, -0.25) is 4.79 Å². The number of carbonyl (C=O) groups excluding carboxylic acids is 1. The van der Waals surface area contributed by atoms with Crippen LogP contribution in [0.4, 0.5) is 0 Å². The Morgan fingerprint density at radius 2 is 2.21 bits per heavy atom. The molecule has 1 aromatic rings. The third-order valence-electron chi connectivity index (χ3n) is 1.71. The largest absolute Gasteiger partial charge is 0.349 e. The summed E-state index contributed by atoms with van der Waals surface area (Å²) in [7, 11) is 2.89. The number of Topliss-reactive ketones (excluding diaryl/α,β-unsaturated/α-hetero) is 1. The Morgan fingerprint density at radius 3 is 2.64 bits per heavy atom. The van der Waals surface area contributed by atoms with Gasteiger partial charge in [0.1, 0.15) is 0 Å². The lowest BCUT2D eigenvalue weighted by atomic mass is 10.2. The summed E-state index contributed by atoms with van der Waals surface area (Å²) < 4.78 is 9.69. The number of thiazole rings is 1. The van der Waals surface area contributed by atoms with E-state index in [9.17, 15) is 4.79 Å². The van der Waals surface area contributed by atoms with Crippen LogP contribution in [0.15, 0.2) is 5.38 Å². The fourth-order valence-electron chi connectivity index (χ4n) is 1.11. The van der Waals surface area contributed by atoms with E-state index in [4.69, 9.17) is 9.47 Å². The van der Waals surface area contributed by atoms with Gasteiger partial charge in [0, 0.05) is 19.6 Å². The Labute approximate surface area is 86.9 Å². The maximum Gasteiger partial charge on any atom is 0.217 e. The summed E-state index contributed by atoms with van der Waals surface area (Å²) in [6, 6.07) is 0. The number of methoxy groups -OCH3 is 2. The highest BCUT2D eigenvalue weighted by molar-refractivity contribution is 7.09. The summed E-state index contributed by atoms with van der Waals surface area (Å²) in [4.78, 5) is 15.7. The Hall–Kier alpha value is -0.780. The SMILES string of the molecule is COC(OC)C(=O)Cc1csc(C)n1. The van der Waals surface area contributed by atoms with Gasteiger partial charge in [0.15, 0.2) is 5.78 Å². The molecule has 0 aromatic carbocycles. The maximum atomic E-state index is 11.5. The number of nitrogens with zero attached hydrogens (tertiary/aromatic N) is 1. The van der Waals surface area contributed by atoms with Crippen molar-refractivity contribution in [2.75, 3.05) is 14.2 Å². The van der Waals surface area contributed by atoms with Crippen molar-refractivity contribution < 1.29 is 14.3 Å².